The molecule has 230 valence electrons. The molecule has 3 heterocycles. The average Bonchev–Trinajstić information content (AvgIpc) is 3.05. The predicted octanol–water partition coefficient (Wildman–Crippen LogP) is 6.36. The predicted molar refractivity (Wildman–Crippen MR) is 165 cm³/mol. The van der Waals surface area contributed by atoms with E-state index in [1.54, 1.807) is 52.8 Å². The summed E-state index contributed by atoms with van der Waals surface area (Å²) in [6.07, 6.45) is 8.70. The zero-order valence-corrected chi connectivity index (χ0v) is 28.4. The Balaban J connectivity index is 0.00000157. The third-order valence-electron chi connectivity index (χ3n) is 4.23. The van der Waals surface area contributed by atoms with Gasteiger partial charge in [-0.05, 0) is 36.4 Å². The first-order valence-corrected chi connectivity index (χ1v) is 17.4. The Hall–Kier alpha value is -3.44. The number of aromatic nitrogens is 3. The normalized spacial score (nSPS) is 8.51. The number of rotatable bonds is 6. The van der Waals surface area contributed by atoms with Crippen LogP contribution in [0.2, 0.25) is 0 Å². The molecule has 0 fully saturated rings. The van der Waals surface area contributed by atoms with Crippen molar-refractivity contribution < 1.29 is 54.1 Å². The van der Waals surface area contributed by atoms with Gasteiger partial charge in [0.2, 0.25) is 0 Å². The molecule has 1 aromatic carbocycles. The number of hydrogen-bond acceptors (Lipinski definition) is 11. The Labute approximate surface area is 287 Å². The number of halogens is 2. The maximum atomic E-state index is 12.4. The standard InChI is InChI=1S/C24H15N3O6.2C2H3N.2Cu.2HI/c28-22(16-1-7-25-8-2-16)31-19-13-20(32-23(29)17-3-9-26-10-4-17)15-21(14-19)33-24(30)18-5-11-27-12-6-18;2*1-2-3;;;;/h1-15H;2*1H3;;;2*1H/q;;;2*+1;;/p-2. The fourth-order valence-electron chi connectivity index (χ4n) is 2.68. The Morgan fingerprint density at radius 3 is 0.930 bits per heavy atom. The molecule has 15 heteroatoms. The molecule has 0 saturated heterocycles. The molecule has 0 bridgehead atoms. The number of pyridine rings is 3. The van der Waals surface area contributed by atoms with Crippen LogP contribution in [0.5, 0.6) is 17.2 Å². The summed E-state index contributed by atoms with van der Waals surface area (Å²) in [6.45, 7) is 2.86. The van der Waals surface area contributed by atoms with Gasteiger partial charge in [0, 0.05) is 69.2 Å². The molecule has 3 aromatic heterocycles. The monoisotopic (exact) mass is 903 g/mol. The molecule has 0 amide bonds. The molecular formula is C28H21Cu2I2N5O6. The van der Waals surface area contributed by atoms with E-state index in [1.807, 2.05) is 0 Å². The molecule has 4 rings (SSSR count). The molecule has 0 aliphatic rings. The molecule has 0 N–H and O–H groups in total. The van der Waals surface area contributed by atoms with E-state index in [1.165, 1.54) is 106 Å². The van der Waals surface area contributed by atoms with Crippen molar-refractivity contribution in [3.05, 3.63) is 108 Å². The number of benzene rings is 1. The van der Waals surface area contributed by atoms with Gasteiger partial charge in [-0.1, -0.05) is 0 Å². The molecule has 4 aromatic rings. The second-order valence-electron chi connectivity index (χ2n) is 6.96. The Bertz CT molecular complexity index is 1310. The minimum absolute atomic E-state index is 0.00867. The molecule has 0 spiro atoms. The zero-order valence-electron chi connectivity index (χ0n) is 22.2. The van der Waals surface area contributed by atoms with Gasteiger partial charge in [-0.25, -0.2) is 14.4 Å². The van der Waals surface area contributed by atoms with Gasteiger partial charge in [-0.15, -0.1) is 0 Å². The third-order valence-corrected chi connectivity index (χ3v) is 4.23. The summed E-state index contributed by atoms with van der Waals surface area (Å²) in [5.74, 6) is -1.97. The number of hydrogen-bond donors (Lipinski definition) is 0. The van der Waals surface area contributed by atoms with Gasteiger partial charge < -0.3 is 14.2 Å². The van der Waals surface area contributed by atoms with E-state index >= 15 is 0 Å². The van der Waals surface area contributed by atoms with E-state index in [9.17, 15) is 14.4 Å². The SMILES string of the molecule is CC#N.CC#N.O=C(Oc1cc(OC(=O)c2ccncc2)cc(OC(=O)c2ccncc2)c1)c1ccncc1.[Cu][I].[Cu][I]. The van der Waals surface area contributed by atoms with E-state index < -0.39 is 17.9 Å². The summed E-state index contributed by atoms with van der Waals surface area (Å²) in [4.78, 5) is 48.9. The summed E-state index contributed by atoms with van der Waals surface area (Å²) in [6, 6.07) is 16.4. The van der Waals surface area contributed by atoms with Crippen LogP contribution in [-0.4, -0.2) is 32.9 Å². The molecule has 0 aliphatic heterocycles. The van der Waals surface area contributed by atoms with Crippen LogP contribution >= 0.6 is 40.7 Å². The van der Waals surface area contributed by atoms with Crippen LogP contribution in [-0.2, 0) is 25.5 Å². The van der Waals surface area contributed by atoms with Crippen LogP contribution in [0.1, 0.15) is 44.9 Å². The zero-order chi connectivity index (χ0) is 32.5. The molecule has 0 unspecified atom stereocenters. The van der Waals surface area contributed by atoms with Crippen molar-refractivity contribution in [2.75, 3.05) is 0 Å². The first-order valence-electron chi connectivity index (χ1n) is 11.3. The summed E-state index contributed by atoms with van der Waals surface area (Å²) < 4.78 is 16.2. The van der Waals surface area contributed by atoms with Crippen LogP contribution in [0, 0.1) is 22.7 Å². The van der Waals surface area contributed by atoms with Crippen molar-refractivity contribution in [3.63, 3.8) is 0 Å². The van der Waals surface area contributed by atoms with Crippen LogP contribution < -0.4 is 14.2 Å². The molecule has 11 nitrogen and oxygen atoms in total. The van der Waals surface area contributed by atoms with E-state index in [-0.39, 0.29) is 33.9 Å². The molecule has 0 atom stereocenters. The van der Waals surface area contributed by atoms with Crippen molar-refractivity contribution in [1.82, 2.24) is 15.0 Å². The van der Waals surface area contributed by atoms with Crippen molar-refractivity contribution in [3.8, 4) is 29.4 Å². The third kappa shape index (κ3) is 16.1. The van der Waals surface area contributed by atoms with Gasteiger partial charge >= 0.3 is 84.1 Å². The molecule has 43 heavy (non-hydrogen) atoms. The Morgan fingerprint density at radius 1 is 0.558 bits per heavy atom. The van der Waals surface area contributed by atoms with Crippen LogP contribution in [0.4, 0.5) is 0 Å². The van der Waals surface area contributed by atoms with E-state index in [0.29, 0.717) is 0 Å². The average molecular weight is 904 g/mol. The Morgan fingerprint density at radius 2 is 0.744 bits per heavy atom. The summed E-state index contributed by atoms with van der Waals surface area (Å²) in [7, 11) is 0. The minimum atomic E-state index is -0.665. The topological polar surface area (TPSA) is 165 Å². The molecule has 0 radical (unpaired) electrons. The first-order chi connectivity index (χ1) is 20.9. The fourth-order valence-corrected chi connectivity index (χ4v) is 2.68. The van der Waals surface area contributed by atoms with Crippen molar-refractivity contribution in [1.29, 1.82) is 10.5 Å². The maximum absolute atomic E-state index is 12.4. The molecule has 0 aliphatic carbocycles. The van der Waals surface area contributed by atoms with Crippen molar-refractivity contribution in [2.24, 2.45) is 0 Å². The number of nitrogens with zero attached hydrogens (tertiary/aromatic N) is 5. The van der Waals surface area contributed by atoms with E-state index in [0.717, 1.165) is 0 Å². The first kappa shape index (κ1) is 39.6. The number of nitriles is 2. The fraction of sp³-hybridized carbons (Fsp3) is 0.0714. The van der Waals surface area contributed by atoms with Gasteiger partial charge in [-0.3, -0.25) is 15.0 Å². The van der Waals surface area contributed by atoms with Crippen LogP contribution in [0.15, 0.2) is 91.8 Å². The number of carbonyl (C=O) groups is 3. The molecule has 0 saturated carbocycles. The number of esters is 3. The summed E-state index contributed by atoms with van der Waals surface area (Å²) in [5.41, 5.74) is 0.790. The quantitative estimate of drug-likeness (QED) is 0.0916. The number of ether oxygens (including phenoxy) is 3. The van der Waals surface area contributed by atoms with E-state index in [4.69, 9.17) is 24.7 Å². The van der Waals surface area contributed by atoms with Crippen LogP contribution in [0.25, 0.3) is 0 Å². The van der Waals surface area contributed by atoms with Gasteiger partial charge in [0.1, 0.15) is 17.2 Å². The van der Waals surface area contributed by atoms with Gasteiger partial charge in [0.25, 0.3) is 0 Å². The van der Waals surface area contributed by atoms with Gasteiger partial charge in [0.15, 0.2) is 0 Å². The Kier molecular flexibility index (Phi) is 23.1. The summed E-state index contributed by atoms with van der Waals surface area (Å²) >= 11 is 11.7. The van der Waals surface area contributed by atoms with Crippen molar-refractivity contribution >= 4 is 58.6 Å². The molecular weight excluding hydrogens is 883 g/mol. The second kappa shape index (κ2) is 25.1. The van der Waals surface area contributed by atoms with Gasteiger partial charge in [0.05, 0.1) is 28.8 Å². The number of carbonyl (C=O) groups excluding carboxylic acids is 3. The van der Waals surface area contributed by atoms with Gasteiger partial charge in [-0.2, -0.15) is 10.5 Å². The van der Waals surface area contributed by atoms with Crippen molar-refractivity contribution in [2.45, 2.75) is 13.8 Å². The van der Waals surface area contributed by atoms with Crippen LogP contribution in [0.3, 0.4) is 0 Å². The second-order valence-corrected chi connectivity index (χ2v) is 6.96. The summed E-state index contributed by atoms with van der Waals surface area (Å²) in [5, 5.41) is 14.6. The van der Waals surface area contributed by atoms with E-state index in [2.05, 4.69) is 40.5 Å².